The standard InChI is InChI=1S/C12H16N2OS/c1-4-6-13-12(15)9-14(3)8-11-10(2)5-7-16-11/h1,5,7H,6,8-9H2,2-3H3,(H,13,15). The van der Waals surface area contributed by atoms with Gasteiger partial charge < -0.3 is 5.32 Å². The monoisotopic (exact) mass is 236 g/mol. The van der Waals surface area contributed by atoms with E-state index in [9.17, 15) is 4.79 Å². The van der Waals surface area contributed by atoms with E-state index in [1.165, 1.54) is 10.4 Å². The van der Waals surface area contributed by atoms with E-state index in [2.05, 4.69) is 29.6 Å². The van der Waals surface area contributed by atoms with Gasteiger partial charge in [-0.2, -0.15) is 0 Å². The number of terminal acetylenes is 1. The molecule has 1 heterocycles. The van der Waals surface area contributed by atoms with Crippen LogP contribution in [-0.2, 0) is 11.3 Å². The summed E-state index contributed by atoms with van der Waals surface area (Å²) in [6.45, 7) is 3.55. The van der Waals surface area contributed by atoms with Gasteiger partial charge in [-0.3, -0.25) is 9.69 Å². The second kappa shape index (κ2) is 6.31. The highest BCUT2D eigenvalue weighted by atomic mass is 32.1. The SMILES string of the molecule is C#CCNC(=O)CN(C)Cc1sccc1C. The normalized spacial score (nSPS) is 10.1. The fourth-order valence-corrected chi connectivity index (χ4v) is 2.30. The summed E-state index contributed by atoms with van der Waals surface area (Å²) in [6, 6.07) is 2.09. The Kier molecular flexibility index (Phi) is 5.03. The summed E-state index contributed by atoms with van der Waals surface area (Å²) in [4.78, 5) is 14.7. The highest BCUT2D eigenvalue weighted by Gasteiger charge is 2.08. The van der Waals surface area contributed by atoms with Crippen molar-refractivity contribution >= 4 is 17.2 Å². The van der Waals surface area contributed by atoms with Crippen molar-refractivity contribution in [3.8, 4) is 12.3 Å². The predicted molar refractivity (Wildman–Crippen MR) is 67.2 cm³/mol. The van der Waals surface area contributed by atoms with Crippen molar-refractivity contribution in [2.24, 2.45) is 0 Å². The molecule has 0 aliphatic rings. The number of hydrogen-bond donors (Lipinski definition) is 1. The van der Waals surface area contributed by atoms with Gasteiger partial charge in [0.2, 0.25) is 5.91 Å². The lowest BCUT2D eigenvalue weighted by Crippen LogP contribution is -2.34. The van der Waals surface area contributed by atoms with Crippen LogP contribution in [0.2, 0.25) is 0 Å². The number of carbonyl (C=O) groups is 1. The zero-order valence-electron chi connectivity index (χ0n) is 9.62. The van der Waals surface area contributed by atoms with Gasteiger partial charge >= 0.3 is 0 Å². The minimum Gasteiger partial charge on any atom is -0.344 e. The number of aryl methyl sites for hydroxylation is 1. The molecule has 0 fully saturated rings. The van der Waals surface area contributed by atoms with Crippen LogP contribution in [0.4, 0.5) is 0 Å². The van der Waals surface area contributed by atoms with E-state index in [0.29, 0.717) is 13.1 Å². The van der Waals surface area contributed by atoms with Gasteiger partial charge in [-0.15, -0.1) is 17.8 Å². The number of rotatable bonds is 5. The third-order valence-electron chi connectivity index (χ3n) is 2.18. The summed E-state index contributed by atoms with van der Waals surface area (Å²) in [5.41, 5.74) is 1.28. The van der Waals surface area contributed by atoms with Crippen LogP contribution in [0.15, 0.2) is 11.4 Å². The molecule has 0 aliphatic carbocycles. The lowest BCUT2D eigenvalue weighted by atomic mass is 10.3. The molecule has 16 heavy (non-hydrogen) atoms. The van der Waals surface area contributed by atoms with Gasteiger partial charge in [0.05, 0.1) is 13.1 Å². The minimum atomic E-state index is -0.0327. The second-order valence-electron chi connectivity index (χ2n) is 3.68. The number of carbonyl (C=O) groups excluding carboxylic acids is 1. The molecule has 0 spiro atoms. The number of hydrogen-bond acceptors (Lipinski definition) is 3. The van der Waals surface area contributed by atoms with Crippen LogP contribution >= 0.6 is 11.3 Å². The molecular weight excluding hydrogens is 220 g/mol. The average Bonchev–Trinajstić information content (AvgIpc) is 2.61. The Bertz CT molecular complexity index is 392. The first-order valence-corrected chi connectivity index (χ1v) is 5.93. The first-order chi connectivity index (χ1) is 7.63. The third-order valence-corrected chi connectivity index (χ3v) is 3.19. The quantitative estimate of drug-likeness (QED) is 0.780. The van der Waals surface area contributed by atoms with E-state index in [1.54, 1.807) is 11.3 Å². The number of likely N-dealkylation sites (N-methyl/N-ethyl adjacent to an activating group) is 1. The zero-order valence-corrected chi connectivity index (χ0v) is 10.4. The van der Waals surface area contributed by atoms with E-state index in [-0.39, 0.29) is 5.91 Å². The summed E-state index contributed by atoms with van der Waals surface area (Å²) >= 11 is 1.72. The van der Waals surface area contributed by atoms with E-state index in [1.807, 2.05) is 11.9 Å². The highest BCUT2D eigenvalue weighted by molar-refractivity contribution is 7.10. The molecular formula is C12H16N2OS. The Morgan fingerprint density at radius 2 is 2.44 bits per heavy atom. The molecule has 4 heteroatoms. The van der Waals surface area contributed by atoms with Crippen molar-refractivity contribution in [3.63, 3.8) is 0 Å². The highest BCUT2D eigenvalue weighted by Crippen LogP contribution is 2.16. The number of nitrogens with one attached hydrogen (secondary N) is 1. The molecule has 1 amide bonds. The maximum Gasteiger partial charge on any atom is 0.234 e. The van der Waals surface area contributed by atoms with Crippen LogP contribution in [-0.4, -0.2) is 30.9 Å². The largest absolute Gasteiger partial charge is 0.344 e. The first kappa shape index (κ1) is 12.8. The molecule has 0 saturated carbocycles. The topological polar surface area (TPSA) is 32.3 Å². The molecule has 0 aliphatic heterocycles. The van der Waals surface area contributed by atoms with E-state index >= 15 is 0 Å². The fourth-order valence-electron chi connectivity index (χ4n) is 1.32. The van der Waals surface area contributed by atoms with Crippen molar-refractivity contribution in [2.75, 3.05) is 20.1 Å². The van der Waals surface area contributed by atoms with Crippen molar-refractivity contribution < 1.29 is 4.79 Å². The summed E-state index contributed by atoms with van der Waals surface area (Å²) in [6.07, 6.45) is 5.06. The molecule has 1 rings (SSSR count). The predicted octanol–water partition coefficient (Wildman–Crippen LogP) is 1.24. The Labute approximate surface area is 100 Å². The lowest BCUT2D eigenvalue weighted by Gasteiger charge is -2.15. The average molecular weight is 236 g/mol. The number of amides is 1. The second-order valence-corrected chi connectivity index (χ2v) is 4.68. The Morgan fingerprint density at radius 1 is 1.69 bits per heavy atom. The number of thiophene rings is 1. The molecule has 1 aromatic rings. The summed E-state index contributed by atoms with van der Waals surface area (Å²) in [5.74, 6) is 2.35. The molecule has 0 aromatic carbocycles. The zero-order chi connectivity index (χ0) is 12.0. The van der Waals surface area contributed by atoms with Crippen molar-refractivity contribution in [1.29, 1.82) is 0 Å². The molecule has 1 aromatic heterocycles. The van der Waals surface area contributed by atoms with Gasteiger partial charge in [-0.1, -0.05) is 5.92 Å². The van der Waals surface area contributed by atoms with Crippen LogP contribution in [0.3, 0.4) is 0 Å². The first-order valence-electron chi connectivity index (χ1n) is 5.05. The Morgan fingerprint density at radius 3 is 3.00 bits per heavy atom. The van der Waals surface area contributed by atoms with E-state index in [0.717, 1.165) is 6.54 Å². The molecule has 0 atom stereocenters. The van der Waals surface area contributed by atoms with Gasteiger partial charge in [0.1, 0.15) is 0 Å². The summed E-state index contributed by atoms with van der Waals surface area (Å²) < 4.78 is 0. The molecule has 1 N–H and O–H groups in total. The molecule has 0 bridgehead atoms. The molecule has 86 valence electrons. The lowest BCUT2D eigenvalue weighted by molar-refractivity contribution is -0.121. The number of nitrogens with zero attached hydrogens (tertiary/aromatic N) is 1. The van der Waals surface area contributed by atoms with E-state index < -0.39 is 0 Å². The van der Waals surface area contributed by atoms with Crippen LogP contribution in [0.5, 0.6) is 0 Å². The van der Waals surface area contributed by atoms with Crippen LogP contribution < -0.4 is 5.32 Å². The van der Waals surface area contributed by atoms with Crippen LogP contribution in [0.1, 0.15) is 10.4 Å². The summed E-state index contributed by atoms with van der Waals surface area (Å²) in [5, 5.41) is 4.71. The van der Waals surface area contributed by atoms with Gasteiger partial charge in [0, 0.05) is 11.4 Å². The molecule has 0 unspecified atom stereocenters. The van der Waals surface area contributed by atoms with Gasteiger partial charge in [0.15, 0.2) is 0 Å². The van der Waals surface area contributed by atoms with Gasteiger partial charge in [-0.25, -0.2) is 0 Å². The molecule has 0 radical (unpaired) electrons. The molecule has 3 nitrogen and oxygen atoms in total. The minimum absolute atomic E-state index is 0.0327. The molecule has 0 saturated heterocycles. The van der Waals surface area contributed by atoms with Crippen molar-refractivity contribution in [3.05, 3.63) is 21.9 Å². The summed E-state index contributed by atoms with van der Waals surface area (Å²) in [7, 11) is 1.93. The van der Waals surface area contributed by atoms with Crippen LogP contribution in [0.25, 0.3) is 0 Å². The van der Waals surface area contributed by atoms with Crippen molar-refractivity contribution in [2.45, 2.75) is 13.5 Å². The van der Waals surface area contributed by atoms with Gasteiger partial charge in [0.25, 0.3) is 0 Å². The maximum absolute atomic E-state index is 11.4. The maximum atomic E-state index is 11.4. The third kappa shape index (κ3) is 4.05. The van der Waals surface area contributed by atoms with Gasteiger partial charge in [-0.05, 0) is 31.0 Å². The van der Waals surface area contributed by atoms with E-state index in [4.69, 9.17) is 6.42 Å². The van der Waals surface area contributed by atoms with Crippen LogP contribution in [0, 0.1) is 19.3 Å². The Balaban J connectivity index is 2.37. The van der Waals surface area contributed by atoms with Crippen molar-refractivity contribution in [1.82, 2.24) is 10.2 Å². The smallest absolute Gasteiger partial charge is 0.234 e. The Hall–Kier alpha value is -1.31. The fraction of sp³-hybridized carbons (Fsp3) is 0.417.